The van der Waals surface area contributed by atoms with Crippen molar-refractivity contribution in [2.24, 2.45) is 34.4 Å². The zero-order valence-corrected chi connectivity index (χ0v) is 62.2. The molecular weight excluding hydrogens is 1500 g/mol. The highest BCUT2D eigenvalue weighted by molar-refractivity contribution is 6.01. The second-order valence-electron chi connectivity index (χ2n) is 26.5. The number of hydrogen-bond donors (Lipinski definition) is 23. The molecule has 0 aliphatic carbocycles. The second kappa shape index (κ2) is 47.5. The third-order valence-electron chi connectivity index (χ3n) is 17.4. The second-order valence-corrected chi connectivity index (χ2v) is 26.5. The Morgan fingerprint density at radius 2 is 0.614 bits per heavy atom. The van der Waals surface area contributed by atoms with Crippen LogP contribution in [0.1, 0.15) is 126 Å². The highest BCUT2D eigenvalue weighted by atomic mass is 16.4. The molecule has 1 aromatic heterocycles. The lowest BCUT2D eigenvalue weighted by Crippen LogP contribution is -2.61. The number of nitrogens with one attached hydrogen (secondary N) is 14. The molecule has 4 aromatic rings. The van der Waals surface area contributed by atoms with Crippen molar-refractivity contribution in [1.29, 1.82) is 5.41 Å². The first-order chi connectivity index (χ1) is 53.9. The first-order valence-corrected chi connectivity index (χ1v) is 36.0. The van der Waals surface area contributed by atoms with Crippen LogP contribution in [0.15, 0.2) is 91.1 Å². The van der Waals surface area contributed by atoms with Crippen LogP contribution in [0.3, 0.4) is 0 Å². The minimum absolute atomic E-state index is 0.0337. The Morgan fingerprint density at radius 3 is 0.930 bits per heavy atom. The van der Waals surface area contributed by atoms with Crippen LogP contribution in [-0.4, -0.2) is 212 Å². The quantitative estimate of drug-likeness (QED) is 0.0111. The van der Waals surface area contributed by atoms with Crippen LogP contribution in [0.2, 0.25) is 0 Å². The van der Waals surface area contributed by atoms with Crippen molar-refractivity contribution < 1.29 is 106 Å². The average Bonchev–Trinajstić information content (AvgIpc) is 1.63. The van der Waals surface area contributed by atoms with Gasteiger partial charge < -0.3 is 119 Å². The number of aromatic nitrogens is 1. The molecule has 4 rings (SSSR count). The number of guanidine groups is 1. The highest BCUT2D eigenvalue weighted by Crippen LogP contribution is 2.21. The number of rotatable bonds is 53. The van der Waals surface area contributed by atoms with Gasteiger partial charge in [-0.15, -0.1) is 0 Å². The molecule has 3 aromatic carbocycles. The molecule has 0 aliphatic rings. The molecule has 0 fully saturated rings. The number of H-pyrrole nitrogens is 1. The smallest absolute Gasteiger partial charge is 0.303 e. The van der Waals surface area contributed by atoms with Crippen LogP contribution in [0.4, 0.5) is 0 Å². The first kappa shape index (κ1) is 92.8. The number of para-hydroxylation sites is 1. The largest absolute Gasteiger partial charge is 0.481 e. The summed E-state index contributed by atoms with van der Waals surface area (Å²) in [5.74, 6) is -22.1. The molecule has 0 spiro atoms. The fourth-order valence-corrected chi connectivity index (χ4v) is 11.5. The average molecular weight is 1600 g/mol. The van der Waals surface area contributed by atoms with E-state index in [0.717, 1.165) is 6.92 Å². The predicted molar refractivity (Wildman–Crippen MR) is 402 cm³/mol. The van der Waals surface area contributed by atoms with Crippen molar-refractivity contribution in [3.63, 3.8) is 0 Å². The van der Waals surface area contributed by atoms with Crippen molar-refractivity contribution in [2.45, 2.75) is 195 Å². The lowest BCUT2D eigenvalue weighted by atomic mass is 10.0. The summed E-state index contributed by atoms with van der Waals surface area (Å²) in [5.41, 5.74) is 33.8. The van der Waals surface area contributed by atoms with E-state index in [1.165, 1.54) is 18.3 Å². The van der Waals surface area contributed by atoms with Gasteiger partial charge in [0, 0.05) is 94.8 Å². The van der Waals surface area contributed by atoms with E-state index in [4.69, 9.17) is 39.8 Å². The minimum Gasteiger partial charge on any atom is -0.481 e. The SMILES string of the molecule is CC(=O)NC(CCC(N)=O)C(=O)NC(CCC(N)=O)C(=O)NC(CCCNC(=N)N)C(=O)NC(Cc1ccccc1)C(=O)NC(CCC(=O)O)C(=O)NC(Cc1c[nH]c2ccccc12)C(=O)NC(CCC(=O)O)C(=O)NC(Cc1ccccc1)C(=O)NC(CCC(=O)O)C(=O)NC(CCC(N)=O)C(=O)NC(CCC(N)=O)C(N)=O. The monoisotopic (exact) mass is 1590 g/mol. The molecule has 114 heavy (non-hydrogen) atoms. The lowest BCUT2D eigenvalue weighted by Gasteiger charge is -2.28. The van der Waals surface area contributed by atoms with Crippen molar-refractivity contribution >= 4 is 129 Å². The third kappa shape index (κ3) is 34.5. The molecule has 0 saturated heterocycles. The van der Waals surface area contributed by atoms with Crippen molar-refractivity contribution in [3.05, 3.63) is 108 Å². The molecule has 618 valence electrons. The molecule has 0 radical (unpaired) electrons. The number of nitrogens with two attached hydrogens (primary N) is 6. The number of aromatic amines is 1. The fourth-order valence-electron chi connectivity index (χ4n) is 11.5. The highest BCUT2D eigenvalue weighted by Gasteiger charge is 2.38. The Kier molecular flexibility index (Phi) is 38.6. The Hall–Kier alpha value is -13.6. The Bertz CT molecular complexity index is 4130. The summed E-state index contributed by atoms with van der Waals surface area (Å²) in [4.78, 5) is 257. The Balaban J connectivity index is 1.78. The summed E-state index contributed by atoms with van der Waals surface area (Å²) >= 11 is 0. The van der Waals surface area contributed by atoms with Gasteiger partial charge >= 0.3 is 17.9 Å². The number of aliphatic carboxylic acids is 3. The van der Waals surface area contributed by atoms with Crippen LogP contribution in [-0.2, 0) is 110 Å². The minimum atomic E-state index is -1.95. The molecule has 16 amide bonds. The lowest BCUT2D eigenvalue weighted by molar-refractivity contribution is -0.139. The summed E-state index contributed by atoms with van der Waals surface area (Å²) < 4.78 is 0. The summed E-state index contributed by atoms with van der Waals surface area (Å²) in [6.07, 6.45) is -8.46. The fraction of sp³-hybridized carbons (Fsp3) is 0.444. The number of amides is 16. The van der Waals surface area contributed by atoms with Crippen molar-refractivity contribution in [2.75, 3.05) is 6.54 Å². The van der Waals surface area contributed by atoms with Crippen LogP contribution >= 0.6 is 0 Å². The number of carboxylic acid groups (broad SMARTS) is 3. The van der Waals surface area contributed by atoms with Gasteiger partial charge in [0.25, 0.3) is 0 Å². The molecule has 29 N–H and O–H groups in total. The van der Waals surface area contributed by atoms with E-state index in [9.17, 15) is 96.8 Å². The summed E-state index contributed by atoms with van der Waals surface area (Å²) in [6, 6.07) is 3.05. The van der Waals surface area contributed by atoms with E-state index >= 15 is 9.59 Å². The van der Waals surface area contributed by atoms with Gasteiger partial charge in [0.2, 0.25) is 94.5 Å². The van der Waals surface area contributed by atoms with Crippen molar-refractivity contribution in [3.8, 4) is 0 Å². The summed E-state index contributed by atoms with van der Waals surface area (Å²) in [7, 11) is 0. The van der Waals surface area contributed by atoms with Crippen molar-refractivity contribution in [1.82, 2.24) is 68.8 Å². The molecule has 11 atom stereocenters. The number of fused-ring (bicyclic) bond motifs is 1. The van der Waals surface area contributed by atoms with E-state index in [1.807, 2.05) is 0 Å². The Labute approximate surface area is 651 Å². The van der Waals surface area contributed by atoms with Gasteiger partial charge in [-0.25, -0.2) is 0 Å². The number of carboxylic acids is 3. The molecule has 0 bridgehead atoms. The normalized spacial score (nSPS) is 13.8. The van der Waals surface area contributed by atoms with Gasteiger partial charge in [0.1, 0.15) is 66.5 Å². The van der Waals surface area contributed by atoms with Gasteiger partial charge in [-0.3, -0.25) is 96.5 Å². The number of hydrogen-bond acceptors (Lipinski definition) is 20. The maximum absolute atomic E-state index is 15.1. The van der Waals surface area contributed by atoms with Gasteiger partial charge in [-0.2, -0.15) is 0 Å². The zero-order valence-electron chi connectivity index (χ0n) is 62.2. The molecule has 0 aliphatic heterocycles. The topological polar surface area (TPSA) is 725 Å². The maximum atomic E-state index is 15.1. The summed E-state index contributed by atoms with van der Waals surface area (Å²) in [6.45, 7) is 1.00. The van der Waals surface area contributed by atoms with Gasteiger partial charge in [-0.1, -0.05) is 78.9 Å². The van der Waals surface area contributed by atoms with Gasteiger partial charge in [0.05, 0.1) is 0 Å². The van der Waals surface area contributed by atoms with Gasteiger partial charge in [0.15, 0.2) is 5.96 Å². The van der Waals surface area contributed by atoms with Crippen LogP contribution in [0, 0.1) is 5.41 Å². The maximum Gasteiger partial charge on any atom is 0.303 e. The van der Waals surface area contributed by atoms with E-state index in [-0.39, 0.29) is 38.6 Å². The molecule has 1 heterocycles. The van der Waals surface area contributed by atoms with E-state index in [2.05, 4.69) is 68.8 Å². The number of carbonyl (C=O) groups is 19. The molecule has 0 saturated carbocycles. The van der Waals surface area contributed by atoms with E-state index in [1.54, 1.807) is 72.8 Å². The first-order valence-electron chi connectivity index (χ1n) is 36.0. The number of benzene rings is 3. The Morgan fingerprint density at radius 1 is 0.342 bits per heavy atom. The zero-order chi connectivity index (χ0) is 84.7. The molecule has 11 unspecified atom stereocenters. The van der Waals surface area contributed by atoms with Crippen LogP contribution in [0.5, 0.6) is 0 Å². The standard InChI is InChI=1S/C72H98N20O22/c1-37(93)82-45(19-26-55(74)95)63(106)85-47(21-28-57(76)97)65(108)84-44(17-10-32-80-72(78)79)62(105)90-51(33-38-11-4-2-5-12-38)69(112)88-50(24-31-60(102)103)68(111)92-53(35-40-36-81-42-16-9-8-15-41(40)42)71(114)89-49(23-30-59(100)101)67(110)91-52(34-39-13-6-3-7-14-39)70(113)87-48(22-29-58(98)99)66(109)86-46(20-27-56(75)96)64(107)83-43(61(77)104)18-25-54(73)94/h2-9,11-16,36,43-53,81H,10,17-35H2,1H3,(H2,73,94)(H2,74,95)(H2,75,96)(H2,76,97)(H2,77,104)(H,82,93)(H,83,107)(H,84,108)(H,85,106)(H,86,109)(H,87,113)(H,88,112)(H,89,114)(H,90,105)(H,91,110)(H,92,111)(H,98,99)(H,100,101)(H,102,103)(H4,78,79,80). The summed E-state index contributed by atoms with van der Waals surface area (Å²) in [5, 5.41) is 67.0. The third-order valence-corrected chi connectivity index (χ3v) is 17.4. The molecule has 42 nitrogen and oxygen atoms in total. The van der Waals surface area contributed by atoms with Crippen LogP contribution < -0.4 is 98.2 Å². The number of carbonyl (C=O) groups excluding carboxylic acids is 16. The number of primary amides is 5. The van der Waals surface area contributed by atoms with Gasteiger partial charge in [-0.05, 0) is 80.5 Å². The molecular formula is C72H98N20O22. The van der Waals surface area contributed by atoms with Crippen LogP contribution in [0.25, 0.3) is 10.9 Å². The molecule has 42 heteroatoms. The van der Waals surface area contributed by atoms with E-state index in [0.29, 0.717) is 27.6 Å². The predicted octanol–water partition coefficient (Wildman–Crippen LogP) is -6.05. The van der Waals surface area contributed by atoms with E-state index < -0.39 is 275 Å².